The van der Waals surface area contributed by atoms with Crippen molar-refractivity contribution in [1.29, 1.82) is 5.26 Å². The average molecular weight is 465 g/mol. The maximum absolute atomic E-state index is 13.8. The van der Waals surface area contributed by atoms with Gasteiger partial charge in [-0.1, -0.05) is 29.8 Å². The number of ether oxygens (including phenoxy) is 1. The highest BCUT2D eigenvalue weighted by Gasteiger charge is 2.53. The van der Waals surface area contributed by atoms with Crippen LogP contribution in [0, 0.1) is 18.3 Å². The van der Waals surface area contributed by atoms with Gasteiger partial charge in [-0.2, -0.15) is 5.26 Å². The van der Waals surface area contributed by atoms with Crippen LogP contribution in [-0.2, 0) is 0 Å². The number of hydrogen-bond donors (Lipinski definition) is 0. The summed E-state index contributed by atoms with van der Waals surface area (Å²) >= 11 is 0. The molecule has 1 fully saturated rings. The topological polar surface area (TPSA) is 56.6 Å². The molecule has 1 atom stereocenters. The summed E-state index contributed by atoms with van der Waals surface area (Å²) in [6.07, 6.45) is -4.83. The first-order valence-corrected chi connectivity index (χ1v) is 10.6. The summed E-state index contributed by atoms with van der Waals surface area (Å²) in [6.45, 7) is 5.69. The fourth-order valence-electron chi connectivity index (χ4n) is 4.43. The Morgan fingerprint density at radius 2 is 1.59 bits per heavy atom. The van der Waals surface area contributed by atoms with E-state index in [1.807, 2.05) is 51.1 Å². The number of carbonyl (C=O) groups is 1. The van der Waals surface area contributed by atoms with Gasteiger partial charge in [0.05, 0.1) is 23.2 Å². The number of hydrogen-bond acceptors (Lipinski definition) is 3. The lowest BCUT2D eigenvalue weighted by atomic mass is 9.87. The molecule has 1 saturated heterocycles. The number of anilines is 2. The van der Waals surface area contributed by atoms with Crippen LogP contribution in [0.4, 0.5) is 29.3 Å². The second-order valence-corrected chi connectivity index (χ2v) is 8.66. The molecule has 3 aromatic carbocycles. The van der Waals surface area contributed by atoms with E-state index in [-0.39, 0.29) is 11.8 Å². The van der Waals surface area contributed by atoms with E-state index in [0.717, 1.165) is 5.56 Å². The van der Waals surface area contributed by atoms with Crippen molar-refractivity contribution >= 4 is 17.4 Å². The van der Waals surface area contributed by atoms with Gasteiger partial charge in [0.1, 0.15) is 5.75 Å². The molecule has 1 aliphatic rings. The third kappa shape index (κ3) is 4.29. The van der Waals surface area contributed by atoms with Gasteiger partial charge in [-0.3, -0.25) is 9.80 Å². The molecule has 8 heteroatoms. The van der Waals surface area contributed by atoms with Gasteiger partial charge in [-0.25, -0.2) is 4.79 Å². The van der Waals surface area contributed by atoms with E-state index in [9.17, 15) is 18.0 Å². The zero-order valence-electron chi connectivity index (χ0n) is 18.8. The van der Waals surface area contributed by atoms with E-state index in [1.54, 1.807) is 40.1 Å². The van der Waals surface area contributed by atoms with Crippen molar-refractivity contribution in [2.24, 2.45) is 0 Å². The molecule has 3 aromatic rings. The Labute approximate surface area is 195 Å². The highest BCUT2D eigenvalue weighted by Crippen LogP contribution is 2.48. The van der Waals surface area contributed by atoms with E-state index in [1.165, 1.54) is 18.2 Å². The number of amides is 2. The molecule has 1 aliphatic heterocycles. The molecule has 0 aromatic heterocycles. The number of halogens is 3. The molecule has 2 amide bonds. The number of urea groups is 1. The number of alkyl halides is 3. The molecule has 0 N–H and O–H groups in total. The Bertz CT molecular complexity index is 1250. The van der Waals surface area contributed by atoms with Gasteiger partial charge in [0, 0.05) is 11.4 Å². The Morgan fingerprint density at radius 3 is 2.18 bits per heavy atom. The minimum absolute atomic E-state index is 0.328. The van der Waals surface area contributed by atoms with Gasteiger partial charge >= 0.3 is 12.4 Å². The lowest BCUT2D eigenvalue weighted by Crippen LogP contribution is -2.43. The third-order valence-electron chi connectivity index (χ3n) is 5.88. The zero-order valence-corrected chi connectivity index (χ0v) is 18.8. The number of nitrogens with zero attached hydrogens (tertiary/aromatic N) is 3. The predicted octanol–water partition coefficient (Wildman–Crippen LogP) is 6.73. The second kappa shape index (κ2) is 8.41. The molecular formula is C26H22F3N3O2. The number of aryl methyl sites for hydroxylation is 1. The van der Waals surface area contributed by atoms with Crippen molar-refractivity contribution in [2.45, 2.75) is 38.7 Å². The highest BCUT2D eigenvalue weighted by molar-refractivity contribution is 6.08. The van der Waals surface area contributed by atoms with Crippen LogP contribution in [0.2, 0.25) is 0 Å². The summed E-state index contributed by atoms with van der Waals surface area (Å²) in [5.41, 5.74) is 2.30. The van der Waals surface area contributed by atoms with E-state index >= 15 is 0 Å². The van der Waals surface area contributed by atoms with Crippen LogP contribution in [0.15, 0.2) is 72.8 Å². The van der Waals surface area contributed by atoms with E-state index in [4.69, 9.17) is 5.26 Å². The van der Waals surface area contributed by atoms with Crippen LogP contribution < -0.4 is 14.5 Å². The van der Waals surface area contributed by atoms with Gasteiger partial charge in [-0.05, 0) is 74.9 Å². The Hall–Kier alpha value is -3.99. The summed E-state index contributed by atoms with van der Waals surface area (Å²) in [7, 11) is 0. The van der Waals surface area contributed by atoms with Crippen molar-refractivity contribution in [3.05, 3.63) is 89.5 Å². The van der Waals surface area contributed by atoms with E-state index in [0.29, 0.717) is 22.5 Å². The largest absolute Gasteiger partial charge is 0.573 e. The maximum Gasteiger partial charge on any atom is 0.573 e. The SMILES string of the molecule is Cc1ccc(N2C(=O)N(c3ccc(C#N)cc3)[C@@H](c3cccc(OC(F)(F)F)c3)C2(C)C)cc1. The summed E-state index contributed by atoms with van der Waals surface area (Å²) in [4.78, 5) is 17.0. The van der Waals surface area contributed by atoms with Crippen molar-refractivity contribution in [3.8, 4) is 11.8 Å². The number of benzene rings is 3. The van der Waals surface area contributed by atoms with Gasteiger partial charge in [-0.15, -0.1) is 13.2 Å². The first-order valence-electron chi connectivity index (χ1n) is 10.6. The summed E-state index contributed by atoms with van der Waals surface area (Å²) in [5, 5.41) is 9.15. The Kier molecular flexibility index (Phi) is 5.74. The minimum atomic E-state index is -4.83. The number of nitriles is 1. The summed E-state index contributed by atoms with van der Waals surface area (Å²) < 4.78 is 42.8. The quantitative estimate of drug-likeness (QED) is 0.429. The van der Waals surface area contributed by atoms with Crippen molar-refractivity contribution in [3.63, 3.8) is 0 Å². The fraction of sp³-hybridized carbons (Fsp3) is 0.231. The molecule has 0 unspecified atom stereocenters. The molecule has 4 rings (SSSR count). The van der Waals surface area contributed by atoms with Crippen LogP contribution >= 0.6 is 0 Å². The van der Waals surface area contributed by atoms with Crippen LogP contribution in [0.3, 0.4) is 0 Å². The van der Waals surface area contributed by atoms with Gasteiger partial charge in [0.15, 0.2) is 0 Å². The van der Waals surface area contributed by atoms with Crippen LogP contribution in [0.1, 0.15) is 36.6 Å². The highest BCUT2D eigenvalue weighted by atomic mass is 19.4. The molecule has 174 valence electrons. The molecule has 34 heavy (non-hydrogen) atoms. The normalized spacial score (nSPS) is 17.6. The summed E-state index contributed by atoms with van der Waals surface area (Å²) in [5.74, 6) is -0.359. The second-order valence-electron chi connectivity index (χ2n) is 8.66. The Morgan fingerprint density at radius 1 is 0.971 bits per heavy atom. The van der Waals surface area contributed by atoms with Crippen LogP contribution in [0.25, 0.3) is 0 Å². The van der Waals surface area contributed by atoms with Gasteiger partial charge in [0.2, 0.25) is 0 Å². The lowest BCUT2D eigenvalue weighted by molar-refractivity contribution is -0.274. The first-order chi connectivity index (χ1) is 16.0. The average Bonchev–Trinajstić information content (AvgIpc) is 2.98. The zero-order chi connectivity index (χ0) is 24.7. The van der Waals surface area contributed by atoms with Crippen LogP contribution in [-0.4, -0.2) is 17.9 Å². The smallest absolute Gasteiger partial charge is 0.406 e. The third-order valence-corrected chi connectivity index (χ3v) is 5.88. The molecule has 0 radical (unpaired) electrons. The minimum Gasteiger partial charge on any atom is -0.406 e. The predicted molar refractivity (Wildman–Crippen MR) is 123 cm³/mol. The maximum atomic E-state index is 13.8. The molecule has 1 heterocycles. The van der Waals surface area contributed by atoms with Gasteiger partial charge < -0.3 is 4.74 Å². The first kappa shape index (κ1) is 23.2. The molecular weight excluding hydrogens is 443 g/mol. The Balaban J connectivity index is 1.86. The number of rotatable bonds is 4. The lowest BCUT2D eigenvalue weighted by Gasteiger charge is -2.35. The standard InChI is InChI=1S/C26H22F3N3O2/c1-17-7-11-21(12-8-17)32-24(33)31(20-13-9-18(16-30)10-14-20)23(25(32,2)3)19-5-4-6-22(15-19)34-26(27,28)29/h4-15,23H,1-3H3/t23-/m0/s1. The van der Waals surface area contributed by atoms with Gasteiger partial charge in [0.25, 0.3) is 0 Å². The van der Waals surface area contributed by atoms with Crippen LogP contribution in [0.5, 0.6) is 5.75 Å². The number of carbonyl (C=O) groups excluding carboxylic acids is 1. The summed E-state index contributed by atoms with van der Waals surface area (Å²) in [6, 6.07) is 20.8. The monoisotopic (exact) mass is 465 g/mol. The molecule has 0 spiro atoms. The van der Waals surface area contributed by atoms with E-state index < -0.39 is 17.9 Å². The fourth-order valence-corrected chi connectivity index (χ4v) is 4.43. The van der Waals surface area contributed by atoms with Crippen molar-refractivity contribution in [1.82, 2.24) is 0 Å². The molecule has 0 saturated carbocycles. The molecule has 5 nitrogen and oxygen atoms in total. The van der Waals surface area contributed by atoms with Crippen molar-refractivity contribution < 1.29 is 22.7 Å². The molecule has 0 aliphatic carbocycles. The molecule has 0 bridgehead atoms. The van der Waals surface area contributed by atoms with E-state index in [2.05, 4.69) is 4.74 Å². The van der Waals surface area contributed by atoms with Crippen molar-refractivity contribution in [2.75, 3.05) is 9.80 Å².